The van der Waals surface area contributed by atoms with Gasteiger partial charge in [-0.3, -0.25) is 14.5 Å². The summed E-state index contributed by atoms with van der Waals surface area (Å²) in [6.45, 7) is 3.73. The second-order valence-corrected chi connectivity index (χ2v) is 8.55. The smallest absolute Gasteiger partial charge is 0.325 e. The molecule has 150 valence electrons. The highest BCUT2D eigenvalue weighted by Gasteiger charge is 2.54. The zero-order valence-corrected chi connectivity index (χ0v) is 16.8. The number of ketones is 1. The Morgan fingerprint density at radius 3 is 2.72 bits per heavy atom. The summed E-state index contributed by atoms with van der Waals surface area (Å²) in [4.78, 5) is 40.3. The summed E-state index contributed by atoms with van der Waals surface area (Å²) in [6, 6.07) is 9.67. The third-order valence-electron chi connectivity index (χ3n) is 6.65. The number of hydrogen-bond donors (Lipinski definition) is 1. The fourth-order valence-electron chi connectivity index (χ4n) is 5.14. The molecule has 0 radical (unpaired) electrons. The van der Waals surface area contributed by atoms with Crippen molar-refractivity contribution >= 4 is 17.7 Å². The van der Waals surface area contributed by atoms with Crippen LogP contribution in [-0.2, 0) is 16.8 Å². The molecule has 0 unspecified atom stereocenters. The maximum absolute atomic E-state index is 13.4. The molecule has 1 saturated heterocycles. The van der Waals surface area contributed by atoms with Crippen LogP contribution in [0.3, 0.4) is 0 Å². The number of nitrogens with one attached hydrogen (secondary N) is 1. The number of amides is 3. The van der Waals surface area contributed by atoms with Gasteiger partial charge in [-0.1, -0.05) is 24.3 Å². The van der Waals surface area contributed by atoms with Crippen LogP contribution >= 0.6 is 0 Å². The highest BCUT2D eigenvalue weighted by molar-refractivity contribution is 6.11. The van der Waals surface area contributed by atoms with Gasteiger partial charge in [-0.15, -0.1) is 0 Å². The highest BCUT2D eigenvalue weighted by Crippen LogP contribution is 2.41. The van der Waals surface area contributed by atoms with E-state index in [4.69, 9.17) is 0 Å². The molecule has 1 aromatic heterocycles. The molecule has 29 heavy (non-hydrogen) atoms. The SMILES string of the molecule is Cc1cc(C(=O)CN2C(=O)N[C@]3(CCCc4ccccc43)C2=O)c(C)n1C1CC1. The number of Topliss-reactive ketones (excluding diaryl/α,β-unsaturated/α-hetero) is 1. The van der Waals surface area contributed by atoms with Gasteiger partial charge in [0, 0.05) is 23.0 Å². The Kier molecular flexibility index (Phi) is 3.95. The van der Waals surface area contributed by atoms with E-state index in [1.165, 1.54) is 0 Å². The van der Waals surface area contributed by atoms with E-state index < -0.39 is 11.6 Å². The lowest BCUT2D eigenvalue weighted by Gasteiger charge is -2.33. The van der Waals surface area contributed by atoms with Crippen LogP contribution in [0.1, 0.15) is 64.6 Å². The average Bonchev–Trinajstić information content (AvgIpc) is 3.45. The summed E-state index contributed by atoms with van der Waals surface area (Å²) in [6.07, 6.45) is 4.56. The number of fused-ring (bicyclic) bond motifs is 2. The molecule has 5 rings (SSSR count). The largest absolute Gasteiger partial charge is 0.345 e. The van der Waals surface area contributed by atoms with Gasteiger partial charge in [-0.2, -0.15) is 0 Å². The predicted octanol–water partition coefficient (Wildman–Crippen LogP) is 3.41. The summed E-state index contributed by atoms with van der Waals surface area (Å²) < 4.78 is 2.21. The summed E-state index contributed by atoms with van der Waals surface area (Å²) in [5, 5.41) is 2.92. The van der Waals surface area contributed by atoms with Gasteiger partial charge < -0.3 is 9.88 Å². The lowest BCUT2D eigenvalue weighted by Crippen LogP contribution is -2.46. The van der Waals surface area contributed by atoms with Gasteiger partial charge >= 0.3 is 6.03 Å². The van der Waals surface area contributed by atoms with Crippen LogP contribution < -0.4 is 5.32 Å². The molecule has 1 atom stereocenters. The first-order valence-electron chi connectivity index (χ1n) is 10.4. The highest BCUT2D eigenvalue weighted by atomic mass is 16.2. The lowest BCUT2D eigenvalue weighted by atomic mass is 9.76. The molecule has 2 aliphatic carbocycles. The number of aryl methyl sites for hydroxylation is 2. The molecule has 6 heteroatoms. The number of benzene rings is 1. The molecule has 6 nitrogen and oxygen atoms in total. The minimum absolute atomic E-state index is 0.186. The number of carbonyl (C=O) groups excluding carboxylic acids is 3. The molecule has 1 spiro atoms. The Balaban J connectivity index is 1.44. The van der Waals surface area contributed by atoms with E-state index >= 15 is 0 Å². The molecule has 2 aromatic rings. The fraction of sp³-hybridized carbons (Fsp3) is 0.435. The number of urea groups is 1. The number of imide groups is 1. The summed E-state index contributed by atoms with van der Waals surface area (Å²) in [7, 11) is 0. The Labute approximate surface area is 169 Å². The normalized spacial score (nSPS) is 23.4. The summed E-state index contributed by atoms with van der Waals surface area (Å²) in [5.41, 5.74) is 3.53. The maximum Gasteiger partial charge on any atom is 0.325 e. The quantitative estimate of drug-likeness (QED) is 0.641. The first-order valence-corrected chi connectivity index (χ1v) is 10.4. The first-order chi connectivity index (χ1) is 13.9. The monoisotopic (exact) mass is 391 g/mol. The molecule has 3 amide bonds. The molecule has 0 bridgehead atoms. The van der Waals surface area contributed by atoms with E-state index in [9.17, 15) is 14.4 Å². The van der Waals surface area contributed by atoms with Gasteiger partial charge in [0.15, 0.2) is 5.78 Å². The van der Waals surface area contributed by atoms with Crippen LogP contribution in [0.2, 0.25) is 0 Å². The van der Waals surface area contributed by atoms with Crippen molar-refractivity contribution in [2.45, 2.75) is 57.5 Å². The van der Waals surface area contributed by atoms with Gasteiger partial charge in [-0.05, 0) is 63.1 Å². The fourth-order valence-corrected chi connectivity index (χ4v) is 5.14. The summed E-state index contributed by atoms with van der Waals surface area (Å²) in [5.74, 6) is -0.492. The van der Waals surface area contributed by atoms with Crippen molar-refractivity contribution in [2.24, 2.45) is 0 Å². The van der Waals surface area contributed by atoms with E-state index in [1.807, 2.05) is 44.2 Å². The molecular formula is C23H25N3O3. The van der Waals surface area contributed by atoms with Gasteiger partial charge in [0.1, 0.15) is 5.54 Å². The first kappa shape index (κ1) is 18.2. The lowest BCUT2D eigenvalue weighted by molar-refractivity contribution is -0.131. The predicted molar refractivity (Wildman–Crippen MR) is 108 cm³/mol. The van der Waals surface area contributed by atoms with Crippen LogP contribution in [0.25, 0.3) is 0 Å². The molecule has 2 heterocycles. The Hall–Kier alpha value is -2.89. The molecule has 3 aliphatic rings. The topological polar surface area (TPSA) is 71.4 Å². The van der Waals surface area contributed by atoms with Crippen LogP contribution in [0, 0.1) is 13.8 Å². The van der Waals surface area contributed by atoms with Crippen molar-refractivity contribution in [3.8, 4) is 0 Å². The van der Waals surface area contributed by atoms with E-state index in [2.05, 4.69) is 9.88 Å². The third kappa shape index (κ3) is 2.65. The van der Waals surface area contributed by atoms with Crippen molar-refractivity contribution in [2.75, 3.05) is 6.54 Å². The second kappa shape index (κ2) is 6.31. The second-order valence-electron chi connectivity index (χ2n) is 8.55. The number of hydrogen-bond acceptors (Lipinski definition) is 3. The van der Waals surface area contributed by atoms with E-state index in [1.54, 1.807) is 0 Å². The van der Waals surface area contributed by atoms with Gasteiger partial charge in [0.2, 0.25) is 0 Å². The Morgan fingerprint density at radius 2 is 1.97 bits per heavy atom. The standard InChI is InChI=1S/C23H25N3O3/c1-14-12-18(15(2)26(14)17-9-10-17)20(27)13-25-21(28)23(24-22(25)29)11-5-7-16-6-3-4-8-19(16)23/h3-4,6,8,12,17H,5,7,9-11,13H2,1-2H3,(H,24,29)/t23-/m0/s1. The van der Waals surface area contributed by atoms with Crippen LogP contribution in [-0.4, -0.2) is 33.7 Å². The third-order valence-corrected chi connectivity index (χ3v) is 6.65. The van der Waals surface area contributed by atoms with Crippen LogP contribution in [0.15, 0.2) is 30.3 Å². The van der Waals surface area contributed by atoms with Crippen molar-refractivity contribution in [1.29, 1.82) is 0 Å². The van der Waals surface area contributed by atoms with E-state index in [0.717, 1.165) is 53.1 Å². The van der Waals surface area contributed by atoms with Crippen LogP contribution in [0.5, 0.6) is 0 Å². The minimum Gasteiger partial charge on any atom is -0.345 e. The van der Waals surface area contributed by atoms with Gasteiger partial charge in [0.25, 0.3) is 5.91 Å². The number of carbonyl (C=O) groups is 3. The Bertz CT molecular complexity index is 1050. The van der Waals surface area contributed by atoms with E-state index in [0.29, 0.717) is 18.0 Å². The average molecular weight is 391 g/mol. The van der Waals surface area contributed by atoms with Crippen molar-refractivity contribution in [1.82, 2.24) is 14.8 Å². The molecule has 2 fully saturated rings. The number of nitrogens with zero attached hydrogens (tertiary/aromatic N) is 2. The summed E-state index contributed by atoms with van der Waals surface area (Å²) >= 11 is 0. The van der Waals surface area contributed by atoms with Crippen molar-refractivity contribution in [3.05, 3.63) is 58.4 Å². The van der Waals surface area contributed by atoms with Crippen LogP contribution in [0.4, 0.5) is 4.79 Å². The van der Waals surface area contributed by atoms with E-state index in [-0.39, 0.29) is 18.2 Å². The number of aromatic nitrogens is 1. The molecular weight excluding hydrogens is 366 g/mol. The van der Waals surface area contributed by atoms with Crippen molar-refractivity contribution in [3.63, 3.8) is 0 Å². The molecule has 1 aliphatic heterocycles. The van der Waals surface area contributed by atoms with Gasteiger partial charge in [0.05, 0.1) is 6.54 Å². The zero-order chi connectivity index (χ0) is 20.3. The molecule has 1 N–H and O–H groups in total. The molecule has 1 saturated carbocycles. The molecule has 1 aromatic carbocycles. The van der Waals surface area contributed by atoms with Gasteiger partial charge in [-0.25, -0.2) is 4.79 Å². The number of rotatable bonds is 4. The van der Waals surface area contributed by atoms with Crippen molar-refractivity contribution < 1.29 is 14.4 Å². The zero-order valence-electron chi connectivity index (χ0n) is 16.8. The Morgan fingerprint density at radius 1 is 1.21 bits per heavy atom. The minimum atomic E-state index is -1.03. The maximum atomic E-state index is 13.4.